The fourth-order valence-corrected chi connectivity index (χ4v) is 2.87. The molecule has 0 atom stereocenters. The summed E-state index contributed by atoms with van der Waals surface area (Å²) >= 11 is 0. The molecule has 1 aromatic carbocycles. The predicted octanol–water partition coefficient (Wildman–Crippen LogP) is 2.22. The molecule has 0 saturated heterocycles. The maximum atomic E-state index is 5.54. The average Bonchev–Trinajstić information content (AvgIpc) is 2.96. The van der Waals surface area contributed by atoms with E-state index in [0.717, 1.165) is 30.8 Å². The van der Waals surface area contributed by atoms with Gasteiger partial charge in [0.25, 0.3) is 0 Å². The second-order valence-electron chi connectivity index (χ2n) is 5.25. The van der Waals surface area contributed by atoms with E-state index in [1.165, 1.54) is 11.1 Å². The summed E-state index contributed by atoms with van der Waals surface area (Å²) in [6, 6.07) is 4.13. The number of methoxy groups -OCH3 is 1. The number of hydrogen-bond acceptors (Lipinski definition) is 6. The van der Waals surface area contributed by atoms with Crippen LogP contribution in [0.3, 0.4) is 0 Å². The van der Waals surface area contributed by atoms with Gasteiger partial charge in [0.1, 0.15) is 5.75 Å². The zero-order valence-corrected chi connectivity index (χ0v) is 13.7. The lowest BCUT2D eigenvalue weighted by Gasteiger charge is -2.32. The number of ether oxygens (including phenoxy) is 1. The highest BCUT2D eigenvalue weighted by molar-refractivity contribution is 5.85. The minimum atomic E-state index is 0. The van der Waals surface area contributed by atoms with Gasteiger partial charge in [-0.1, -0.05) is 11.2 Å². The van der Waals surface area contributed by atoms with Crippen LogP contribution in [-0.2, 0) is 19.5 Å². The van der Waals surface area contributed by atoms with Crippen molar-refractivity contribution in [1.29, 1.82) is 0 Å². The van der Waals surface area contributed by atoms with Crippen LogP contribution >= 0.6 is 12.4 Å². The summed E-state index contributed by atoms with van der Waals surface area (Å²) in [7, 11) is 1.71. The Morgan fingerprint density at radius 1 is 1.41 bits per heavy atom. The van der Waals surface area contributed by atoms with Crippen molar-refractivity contribution in [2.75, 3.05) is 18.6 Å². The lowest BCUT2D eigenvalue weighted by Crippen LogP contribution is -2.30. The van der Waals surface area contributed by atoms with Gasteiger partial charge >= 0.3 is 0 Å². The van der Waals surface area contributed by atoms with E-state index in [9.17, 15) is 0 Å². The summed E-state index contributed by atoms with van der Waals surface area (Å²) in [6.07, 6.45) is 2.19. The quantitative estimate of drug-likeness (QED) is 0.929. The van der Waals surface area contributed by atoms with Crippen molar-refractivity contribution in [2.45, 2.75) is 32.9 Å². The summed E-state index contributed by atoms with van der Waals surface area (Å²) in [5, 5.41) is 3.98. The molecular weight excluding hydrogens is 304 g/mol. The fourth-order valence-electron chi connectivity index (χ4n) is 2.87. The largest absolute Gasteiger partial charge is 0.495 e. The zero-order chi connectivity index (χ0) is 14.8. The monoisotopic (exact) mass is 324 g/mol. The van der Waals surface area contributed by atoms with Crippen molar-refractivity contribution in [1.82, 2.24) is 10.1 Å². The molecule has 3 rings (SSSR count). The van der Waals surface area contributed by atoms with E-state index in [1.807, 2.05) is 6.07 Å². The molecule has 7 heteroatoms. The van der Waals surface area contributed by atoms with E-state index in [1.54, 1.807) is 7.11 Å². The van der Waals surface area contributed by atoms with Gasteiger partial charge in [0.2, 0.25) is 5.89 Å². The number of aromatic nitrogens is 2. The molecule has 1 aromatic heterocycles. The fraction of sp³-hybridized carbons (Fsp3) is 0.467. The molecule has 22 heavy (non-hydrogen) atoms. The second kappa shape index (κ2) is 6.98. The van der Waals surface area contributed by atoms with E-state index >= 15 is 0 Å². The molecule has 0 bridgehead atoms. The third-order valence-corrected chi connectivity index (χ3v) is 3.89. The van der Waals surface area contributed by atoms with Crippen LogP contribution in [0.2, 0.25) is 0 Å². The molecule has 0 saturated carbocycles. The standard InChI is InChI=1S/C15H20N4O2.ClH/c1-10-5-6-12(20-2)15-11(10)4-3-7-19(15)9-13-17-14(8-16)21-18-13;/h5-6H,3-4,7-9,16H2,1-2H3;1H. The molecule has 2 N–H and O–H groups in total. The Bertz CT molecular complexity index is 644. The molecule has 1 aliphatic heterocycles. The molecule has 2 heterocycles. The lowest BCUT2D eigenvalue weighted by atomic mass is 9.96. The van der Waals surface area contributed by atoms with E-state index < -0.39 is 0 Å². The van der Waals surface area contributed by atoms with E-state index in [-0.39, 0.29) is 19.0 Å². The van der Waals surface area contributed by atoms with Gasteiger partial charge in [-0.3, -0.25) is 0 Å². The lowest BCUT2D eigenvalue weighted by molar-refractivity contribution is 0.373. The number of benzene rings is 1. The number of anilines is 1. The summed E-state index contributed by atoms with van der Waals surface area (Å²) in [5.41, 5.74) is 9.31. The van der Waals surface area contributed by atoms with Crippen molar-refractivity contribution in [3.05, 3.63) is 35.0 Å². The number of nitrogens with zero attached hydrogens (tertiary/aromatic N) is 3. The van der Waals surface area contributed by atoms with Crippen molar-refractivity contribution in [2.24, 2.45) is 5.73 Å². The Morgan fingerprint density at radius 2 is 2.23 bits per heavy atom. The van der Waals surface area contributed by atoms with Crippen LogP contribution in [0.1, 0.15) is 29.3 Å². The normalized spacial score (nSPS) is 13.5. The highest BCUT2D eigenvalue weighted by Crippen LogP contribution is 2.38. The van der Waals surface area contributed by atoms with Gasteiger partial charge in [-0.2, -0.15) is 4.98 Å². The molecule has 0 unspecified atom stereocenters. The smallest absolute Gasteiger partial charge is 0.240 e. The maximum absolute atomic E-state index is 5.54. The Morgan fingerprint density at radius 3 is 2.91 bits per heavy atom. The van der Waals surface area contributed by atoms with E-state index in [2.05, 4.69) is 28.0 Å². The number of rotatable bonds is 4. The number of nitrogens with two attached hydrogens (primary N) is 1. The first-order valence-corrected chi connectivity index (χ1v) is 7.16. The molecule has 2 aromatic rings. The number of hydrogen-bond donors (Lipinski definition) is 1. The summed E-state index contributed by atoms with van der Waals surface area (Å²) in [4.78, 5) is 6.55. The Kier molecular flexibility index (Phi) is 5.26. The van der Waals surface area contributed by atoms with E-state index in [0.29, 0.717) is 18.3 Å². The number of fused-ring (bicyclic) bond motifs is 1. The topological polar surface area (TPSA) is 77.4 Å². The molecule has 0 aliphatic carbocycles. The molecule has 1 aliphatic rings. The van der Waals surface area contributed by atoms with Gasteiger partial charge in [0.05, 0.1) is 25.9 Å². The van der Waals surface area contributed by atoms with Crippen molar-refractivity contribution in [3.8, 4) is 5.75 Å². The third kappa shape index (κ3) is 3.03. The first kappa shape index (κ1) is 16.6. The molecule has 0 amide bonds. The first-order valence-electron chi connectivity index (χ1n) is 7.16. The minimum Gasteiger partial charge on any atom is -0.495 e. The SMILES string of the molecule is COc1ccc(C)c2c1N(Cc1noc(CN)n1)CCC2.Cl. The predicted molar refractivity (Wildman–Crippen MR) is 86.5 cm³/mol. The van der Waals surface area contributed by atoms with Crippen molar-refractivity contribution < 1.29 is 9.26 Å². The minimum absolute atomic E-state index is 0. The van der Waals surface area contributed by atoms with Gasteiger partial charge in [-0.15, -0.1) is 12.4 Å². The van der Waals surface area contributed by atoms with Crippen molar-refractivity contribution >= 4 is 18.1 Å². The molecule has 0 fully saturated rings. The molecule has 0 spiro atoms. The molecule has 0 radical (unpaired) electrons. The average molecular weight is 325 g/mol. The Hall–Kier alpha value is -1.79. The number of aryl methyl sites for hydroxylation is 1. The van der Waals surface area contributed by atoms with Crippen LogP contribution in [0.4, 0.5) is 5.69 Å². The van der Waals surface area contributed by atoms with Crippen LogP contribution in [0.25, 0.3) is 0 Å². The van der Waals surface area contributed by atoms with Crippen LogP contribution in [0, 0.1) is 6.92 Å². The van der Waals surface area contributed by atoms with Crippen LogP contribution < -0.4 is 15.4 Å². The highest BCUT2D eigenvalue weighted by Gasteiger charge is 2.24. The maximum Gasteiger partial charge on any atom is 0.240 e. The Balaban J connectivity index is 0.00000176. The summed E-state index contributed by atoms with van der Waals surface area (Å²) in [5.74, 6) is 2.03. The highest BCUT2D eigenvalue weighted by atomic mass is 35.5. The molecular formula is C15H21ClN4O2. The van der Waals surface area contributed by atoms with Crippen LogP contribution in [0.5, 0.6) is 5.75 Å². The Labute approximate surface area is 136 Å². The van der Waals surface area contributed by atoms with Gasteiger partial charge in [-0.25, -0.2) is 0 Å². The van der Waals surface area contributed by atoms with Gasteiger partial charge in [-0.05, 0) is 37.0 Å². The second-order valence-corrected chi connectivity index (χ2v) is 5.25. The summed E-state index contributed by atoms with van der Waals surface area (Å²) < 4.78 is 10.6. The number of halogens is 1. The molecule has 6 nitrogen and oxygen atoms in total. The van der Waals surface area contributed by atoms with Gasteiger partial charge < -0.3 is 19.9 Å². The summed E-state index contributed by atoms with van der Waals surface area (Å²) in [6.45, 7) is 3.98. The van der Waals surface area contributed by atoms with Gasteiger partial charge in [0, 0.05) is 6.54 Å². The zero-order valence-electron chi connectivity index (χ0n) is 12.8. The van der Waals surface area contributed by atoms with Crippen LogP contribution in [-0.4, -0.2) is 23.8 Å². The van der Waals surface area contributed by atoms with E-state index in [4.69, 9.17) is 15.0 Å². The first-order chi connectivity index (χ1) is 10.2. The van der Waals surface area contributed by atoms with Gasteiger partial charge in [0.15, 0.2) is 5.82 Å². The van der Waals surface area contributed by atoms with Crippen LogP contribution in [0.15, 0.2) is 16.7 Å². The molecule has 120 valence electrons. The van der Waals surface area contributed by atoms with Crippen molar-refractivity contribution in [3.63, 3.8) is 0 Å². The third-order valence-electron chi connectivity index (χ3n) is 3.89.